The van der Waals surface area contributed by atoms with E-state index >= 15 is 0 Å². The number of benzene rings is 1. The summed E-state index contributed by atoms with van der Waals surface area (Å²) in [5.41, 5.74) is 2.18. The predicted molar refractivity (Wildman–Crippen MR) is 54.9 cm³/mol. The van der Waals surface area contributed by atoms with Gasteiger partial charge < -0.3 is 4.55 Å². The highest BCUT2D eigenvalue weighted by Gasteiger charge is 1.98. The van der Waals surface area contributed by atoms with E-state index < -0.39 is 11.1 Å². The molecule has 0 fully saturated rings. The molecule has 3 heteroatoms. The third-order valence-corrected chi connectivity index (χ3v) is 2.40. The van der Waals surface area contributed by atoms with E-state index in [2.05, 4.69) is 6.92 Å². The SMILES string of the molecule is CCCc1cccc(CS(=O)O)c1. The second-order valence-corrected chi connectivity index (χ2v) is 3.97. The lowest BCUT2D eigenvalue weighted by molar-refractivity contribution is 0.563. The average molecular weight is 198 g/mol. The van der Waals surface area contributed by atoms with Crippen molar-refractivity contribution in [2.45, 2.75) is 25.5 Å². The molecule has 1 atom stereocenters. The van der Waals surface area contributed by atoms with Gasteiger partial charge in [-0.15, -0.1) is 0 Å². The molecule has 72 valence electrons. The molecule has 0 aliphatic rings. The molecule has 0 spiro atoms. The van der Waals surface area contributed by atoms with Gasteiger partial charge in [0.25, 0.3) is 0 Å². The molecule has 0 aliphatic carbocycles. The Morgan fingerprint density at radius 1 is 1.38 bits per heavy atom. The predicted octanol–water partition coefficient (Wildman–Crippen LogP) is 2.36. The lowest BCUT2D eigenvalue weighted by atomic mass is 10.1. The summed E-state index contributed by atoms with van der Waals surface area (Å²) < 4.78 is 19.2. The van der Waals surface area contributed by atoms with Crippen LogP contribution in [0, 0.1) is 0 Å². The van der Waals surface area contributed by atoms with E-state index in [4.69, 9.17) is 4.55 Å². The largest absolute Gasteiger partial charge is 0.306 e. The summed E-state index contributed by atoms with van der Waals surface area (Å²) in [6.45, 7) is 2.12. The molecule has 0 radical (unpaired) electrons. The summed E-state index contributed by atoms with van der Waals surface area (Å²) in [7, 11) is 0. The van der Waals surface area contributed by atoms with Crippen molar-refractivity contribution >= 4 is 11.1 Å². The summed E-state index contributed by atoms with van der Waals surface area (Å²) >= 11 is -1.73. The molecule has 1 aromatic carbocycles. The maximum absolute atomic E-state index is 10.5. The van der Waals surface area contributed by atoms with Crippen LogP contribution < -0.4 is 0 Å². The van der Waals surface area contributed by atoms with Gasteiger partial charge in [-0.1, -0.05) is 37.6 Å². The van der Waals surface area contributed by atoms with Crippen molar-refractivity contribution in [1.29, 1.82) is 0 Å². The molecule has 0 heterocycles. The Kier molecular flexibility index (Phi) is 4.12. The molecule has 0 aromatic heterocycles. The minimum Gasteiger partial charge on any atom is -0.306 e. The zero-order valence-corrected chi connectivity index (χ0v) is 8.51. The number of hydrogen-bond donors (Lipinski definition) is 1. The fourth-order valence-electron chi connectivity index (χ4n) is 1.31. The molecular formula is C10H14O2S. The first kappa shape index (κ1) is 10.4. The van der Waals surface area contributed by atoms with Crippen LogP contribution >= 0.6 is 0 Å². The Labute approximate surface area is 81.3 Å². The van der Waals surface area contributed by atoms with Crippen LogP contribution in [0.15, 0.2) is 24.3 Å². The van der Waals surface area contributed by atoms with E-state index in [1.807, 2.05) is 24.3 Å². The second-order valence-electron chi connectivity index (χ2n) is 3.04. The molecule has 0 saturated heterocycles. The van der Waals surface area contributed by atoms with Crippen molar-refractivity contribution in [2.75, 3.05) is 0 Å². The van der Waals surface area contributed by atoms with Crippen molar-refractivity contribution in [1.82, 2.24) is 0 Å². The number of rotatable bonds is 4. The Bertz CT molecular complexity index is 297. The molecule has 1 aromatic rings. The van der Waals surface area contributed by atoms with Crippen LogP contribution in [0.5, 0.6) is 0 Å². The van der Waals surface area contributed by atoms with E-state index in [9.17, 15) is 4.21 Å². The molecule has 1 unspecified atom stereocenters. The minimum atomic E-state index is -1.73. The summed E-state index contributed by atoms with van der Waals surface area (Å²) in [5, 5.41) is 0. The van der Waals surface area contributed by atoms with Crippen molar-refractivity contribution in [2.24, 2.45) is 0 Å². The van der Waals surface area contributed by atoms with E-state index in [-0.39, 0.29) is 5.75 Å². The highest BCUT2D eigenvalue weighted by atomic mass is 32.2. The van der Waals surface area contributed by atoms with Gasteiger partial charge in [-0.25, -0.2) is 4.21 Å². The molecule has 0 aliphatic heterocycles. The molecule has 0 saturated carbocycles. The van der Waals surface area contributed by atoms with Crippen LogP contribution in [0.4, 0.5) is 0 Å². The van der Waals surface area contributed by atoms with Gasteiger partial charge in [0.15, 0.2) is 11.1 Å². The quantitative estimate of drug-likeness (QED) is 0.754. The lowest BCUT2D eigenvalue weighted by Crippen LogP contribution is -1.94. The normalized spacial score (nSPS) is 12.8. The summed E-state index contributed by atoms with van der Waals surface area (Å²) in [4.78, 5) is 0. The van der Waals surface area contributed by atoms with Crippen molar-refractivity contribution in [3.05, 3.63) is 35.4 Å². The van der Waals surface area contributed by atoms with Crippen LogP contribution in [0.2, 0.25) is 0 Å². The highest BCUT2D eigenvalue weighted by molar-refractivity contribution is 7.78. The first-order chi connectivity index (χ1) is 6.22. The Morgan fingerprint density at radius 2 is 2.08 bits per heavy atom. The second kappa shape index (κ2) is 5.14. The van der Waals surface area contributed by atoms with Gasteiger partial charge in [0.1, 0.15) is 0 Å². The van der Waals surface area contributed by atoms with E-state index in [0.29, 0.717) is 0 Å². The van der Waals surface area contributed by atoms with Crippen molar-refractivity contribution < 1.29 is 8.76 Å². The molecular weight excluding hydrogens is 184 g/mol. The first-order valence-electron chi connectivity index (χ1n) is 4.37. The Morgan fingerprint density at radius 3 is 2.69 bits per heavy atom. The van der Waals surface area contributed by atoms with Crippen LogP contribution in [-0.4, -0.2) is 8.76 Å². The molecule has 1 N–H and O–H groups in total. The minimum absolute atomic E-state index is 0.234. The molecule has 2 nitrogen and oxygen atoms in total. The zero-order chi connectivity index (χ0) is 9.68. The fourth-order valence-corrected chi connectivity index (χ4v) is 1.77. The maximum atomic E-state index is 10.5. The van der Waals surface area contributed by atoms with E-state index in [1.165, 1.54) is 5.56 Å². The standard InChI is InChI=1S/C10H14O2S/c1-2-4-9-5-3-6-10(7-9)8-13(11)12/h3,5-7H,2,4,8H2,1H3,(H,11,12). The van der Waals surface area contributed by atoms with Gasteiger partial charge in [0.05, 0.1) is 5.75 Å². The number of aryl methyl sites for hydroxylation is 1. The van der Waals surface area contributed by atoms with Crippen LogP contribution in [0.1, 0.15) is 24.5 Å². The van der Waals surface area contributed by atoms with Crippen molar-refractivity contribution in [3.63, 3.8) is 0 Å². The van der Waals surface area contributed by atoms with Gasteiger partial charge in [-0.05, 0) is 17.5 Å². The topological polar surface area (TPSA) is 37.3 Å². The van der Waals surface area contributed by atoms with Crippen LogP contribution in [-0.2, 0) is 23.3 Å². The first-order valence-corrected chi connectivity index (χ1v) is 5.65. The summed E-state index contributed by atoms with van der Waals surface area (Å²) in [5.74, 6) is 0.234. The zero-order valence-electron chi connectivity index (χ0n) is 7.69. The fraction of sp³-hybridized carbons (Fsp3) is 0.400. The number of hydrogen-bond acceptors (Lipinski definition) is 1. The highest BCUT2D eigenvalue weighted by Crippen LogP contribution is 2.08. The molecule has 1 rings (SSSR count). The van der Waals surface area contributed by atoms with E-state index in [0.717, 1.165) is 18.4 Å². The molecule has 13 heavy (non-hydrogen) atoms. The molecule has 0 amide bonds. The van der Waals surface area contributed by atoms with Crippen LogP contribution in [0.25, 0.3) is 0 Å². The van der Waals surface area contributed by atoms with E-state index in [1.54, 1.807) is 0 Å². The van der Waals surface area contributed by atoms with Gasteiger partial charge in [-0.3, -0.25) is 0 Å². The molecule has 0 bridgehead atoms. The Hall–Kier alpha value is -0.670. The van der Waals surface area contributed by atoms with Gasteiger partial charge in [0, 0.05) is 0 Å². The third kappa shape index (κ3) is 3.70. The monoisotopic (exact) mass is 198 g/mol. The van der Waals surface area contributed by atoms with Gasteiger partial charge in [-0.2, -0.15) is 0 Å². The van der Waals surface area contributed by atoms with Gasteiger partial charge in [0.2, 0.25) is 0 Å². The smallest absolute Gasteiger partial charge is 0.157 e. The Balaban J connectivity index is 2.73. The maximum Gasteiger partial charge on any atom is 0.157 e. The average Bonchev–Trinajstić information content (AvgIpc) is 2.04. The van der Waals surface area contributed by atoms with Crippen molar-refractivity contribution in [3.8, 4) is 0 Å². The summed E-state index contributed by atoms with van der Waals surface area (Å²) in [6.07, 6.45) is 2.14. The van der Waals surface area contributed by atoms with Crippen LogP contribution in [0.3, 0.4) is 0 Å². The summed E-state index contributed by atoms with van der Waals surface area (Å²) in [6, 6.07) is 7.87. The van der Waals surface area contributed by atoms with Gasteiger partial charge >= 0.3 is 0 Å². The lowest BCUT2D eigenvalue weighted by Gasteiger charge is -2.01. The third-order valence-electron chi connectivity index (χ3n) is 1.82.